The van der Waals surface area contributed by atoms with Crippen LogP contribution >= 0.6 is 0 Å². The predicted molar refractivity (Wildman–Crippen MR) is 117 cm³/mol. The molecule has 8 nitrogen and oxygen atoms in total. The van der Waals surface area contributed by atoms with Crippen molar-refractivity contribution in [1.82, 2.24) is 5.16 Å². The van der Waals surface area contributed by atoms with Crippen LogP contribution in [0.25, 0.3) is 0 Å². The fourth-order valence-corrected chi connectivity index (χ4v) is 2.63. The molecular weight excluding hydrogens is 398 g/mol. The summed E-state index contributed by atoms with van der Waals surface area (Å²) in [6.45, 7) is 5.82. The summed E-state index contributed by atoms with van der Waals surface area (Å²) in [5.41, 5.74) is 0.837. The van der Waals surface area contributed by atoms with Gasteiger partial charge in [-0.25, -0.2) is 0 Å². The summed E-state index contributed by atoms with van der Waals surface area (Å²) in [7, 11) is 1.56. The van der Waals surface area contributed by atoms with Crippen LogP contribution in [0.15, 0.2) is 59.1 Å². The van der Waals surface area contributed by atoms with E-state index in [0.717, 1.165) is 0 Å². The van der Waals surface area contributed by atoms with E-state index in [0.29, 0.717) is 34.3 Å². The second-order valence-electron chi connectivity index (χ2n) is 7.87. The second kappa shape index (κ2) is 9.34. The van der Waals surface area contributed by atoms with Gasteiger partial charge in [0.2, 0.25) is 0 Å². The van der Waals surface area contributed by atoms with Gasteiger partial charge in [-0.3, -0.25) is 9.59 Å². The summed E-state index contributed by atoms with van der Waals surface area (Å²) in [6.07, 6.45) is 0. The molecule has 31 heavy (non-hydrogen) atoms. The molecule has 0 bridgehead atoms. The third-order valence-electron chi connectivity index (χ3n) is 4.33. The average molecular weight is 423 g/mol. The molecular formula is C23H25N3O5. The van der Waals surface area contributed by atoms with E-state index in [9.17, 15) is 9.59 Å². The Bertz CT molecular complexity index is 1050. The van der Waals surface area contributed by atoms with Crippen LogP contribution in [-0.2, 0) is 10.2 Å². The first kappa shape index (κ1) is 21.9. The monoisotopic (exact) mass is 423 g/mol. The highest BCUT2D eigenvalue weighted by atomic mass is 16.5. The number of carbonyl (C=O) groups is 2. The maximum Gasteiger partial charge on any atom is 0.262 e. The summed E-state index contributed by atoms with van der Waals surface area (Å²) in [5, 5.41) is 9.31. The fourth-order valence-electron chi connectivity index (χ4n) is 2.63. The van der Waals surface area contributed by atoms with Crippen LogP contribution in [0.5, 0.6) is 11.5 Å². The Balaban J connectivity index is 1.51. The molecule has 2 aromatic carbocycles. The van der Waals surface area contributed by atoms with Crippen LogP contribution in [-0.4, -0.2) is 30.7 Å². The lowest BCUT2D eigenvalue weighted by Crippen LogP contribution is -2.20. The number of hydrogen-bond acceptors (Lipinski definition) is 6. The number of hydrogen-bond donors (Lipinski definition) is 2. The Kier molecular flexibility index (Phi) is 6.59. The molecule has 0 fully saturated rings. The Hall–Kier alpha value is -3.81. The van der Waals surface area contributed by atoms with Crippen molar-refractivity contribution in [3.8, 4) is 11.5 Å². The molecule has 1 aromatic heterocycles. The molecule has 8 heteroatoms. The van der Waals surface area contributed by atoms with Crippen LogP contribution in [0.3, 0.4) is 0 Å². The summed E-state index contributed by atoms with van der Waals surface area (Å²) >= 11 is 0. The maximum absolute atomic E-state index is 12.4. The molecule has 162 valence electrons. The smallest absolute Gasteiger partial charge is 0.262 e. The van der Waals surface area contributed by atoms with E-state index < -0.39 is 0 Å². The third-order valence-corrected chi connectivity index (χ3v) is 4.33. The number of benzene rings is 2. The van der Waals surface area contributed by atoms with E-state index >= 15 is 0 Å². The van der Waals surface area contributed by atoms with Gasteiger partial charge in [-0.1, -0.05) is 32.0 Å². The molecule has 0 aliphatic rings. The molecule has 0 aliphatic carbocycles. The van der Waals surface area contributed by atoms with Gasteiger partial charge in [0, 0.05) is 28.8 Å². The summed E-state index contributed by atoms with van der Waals surface area (Å²) in [5.74, 6) is 1.51. The highest BCUT2D eigenvalue weighted by Gasteiger charge is 2.20. The molecule has 0 unspecified atom stereocenters. The van der Waals surface area contributed by atoms with Gasteiger partial charge in [-0.2, -0.15) is 0 Å². The first-order valence-electron chi connectivity index (χ1n) is 9.70. The van der Waals surface area contributed by atoms with Crippen LogP contribution in [0, 0.1) is 0 Å². The molecule has 2 amide bonds. The average Bonchev–Trinajstić information content (AvgIpc) is 3.22. The van der Waals surface area contributed by atoms with Crippen molar-refractivity contribution in [3.63, 3.8) is 0 Å². The SMILES string of the molecule is COc1cccc(NC(=O)COc2ccc(C(=O)Nc3cc(C(C)(C)C)on3)cc2)c1. The zero-order valence-corrected chi connectivity index (χ0v) is 17.9. The van der Waals surface area contributed by atoms with E-state index in [-0.39, 0.29) is 23.8 Å². The lowest BCUT2D eigenvalue weighted by Gasteiger charge is -2.12. The summed E-state index contributed by atoms with van der Waals surface area (Å²) in [6, 6.07) is 15.2. The van der Waals surface area contributed by atoms with Crippen molar-refractivity contribution in [3.05, 3.63) is 65.9 Å². The number of methoxy groups -OCH3 is 1. The minimum absolute atomic E-state index is 0.169. The van der Waals surface area contributed by atoms with Crippen molar-refractivity contribution < 1.29 is 23.6 Å². The predicted octanol–water partition coefficient (Wildman–Crippen LogP) is 4.25. The lowest BCUT2D eigenvalue weighted by atomic mass is 9.93. The van der Waals surface area contributed by atoms with Gasteiger partial charge >= 0.3 is 0 Å². The first-order chi connectivity index (χ1) is 14.7. The van der Waals surface area contributed by atoms with Crippen molar-refractivity contribution in [2.75, 3.05) is 24.4 Å². The molecule has 1 heterocycles. The molecule has 0 atom stereocenters. The Morgan fingerprint density at radius 3 is 2.39 bits per heavy atom. The number of anilines is 2. The lowest BCUT2D eigenvalue weighted by molar-refractivity contribution is -0.118. The van der Waals surface area contributed by atoms with Gasteiger partial charge in [0.25, 0.3) is 11.8 Å². The molecule has 0 spiro atoms. The third kappa shape index (κ3) is 6.08. The normalized spacial score (nSPS) is 11.0. The standard InChI is InChI=1S/C23H25N3O5/c1-23(2,3)19-13-20(26-31-19)25-22(28)15-8-10-17(11-9-15)30-14-21(27)24-16-6-5-7-18(12-16)29-4/h5-13H,14H2,1-4H3,(H,24,27)(H,25,26,28). The maximum atomic E-state index is 12.4. The van der Waals surface area contributed by atoms with E-state index in [2.05, 4.69) is 15.8 Å². The quantitative estimate of drug-likeness (QED) is 0.589. The highest BCUT2D eigenvalue weighted by molar-refractivity contribution is 6.03. The Labute approximate surface area is 180 Å². The second-order valence-corrected chi connectivity index (χ2v) is 7.87. The van der Waals surface area contributed by atoms with Crippen LogP contribution in [0.1, 0.15) is 36.9 Å². The molecule has 0 saturated heterocycles. The van der Waals surface area contributed by atoms with Crippen molar-refractivity contribution in [2.45, 2.75) is 26.2 Å². The minimum Gasteiger partial charge on any atom is -0.497 e. The van der Waals surface area contributed by atoms with Crippen molar-refractivity contribution >= 4 is 23.3 Å². The first-order valence-corrected chi connectivity index (χ1v) is 9.70. The molecule has 0 saturated carbocycles. The number of nitrogens with one attached hydrogen (secondary N) is 2. The molecule has 2 N–H and O–H groups in total. The summed E-state index contributed by atoms with van der Waals surface area (Å²) in [4.78, 5) is 24.5. The number of carbonyl (C=O) groups excluding carboxylic acids is 2. The van der Waals surface area contributed by atoms with Crippen LogP contribution < -0.4 is 20.1 Å². The van der Waals surface area contributed by atoms with Gasteiger partial charge in [-0.15, -0.1) is 0 Å². The summed E-state index contributed by atoms with van der Waals surface area (Å²) < 4.78 is 15.9. The molecule has 0 aliphatic heterocycles. The van der Waals surface area contributed by atoms with E-state index in [1.165, 1.54) is 0 Å². The van der Waals surface area contributed by atoms with Crippen LogP contribution in [0.4, 0.5) is 11.5 Å². The van der Waals surface area contributed by atoms with Crippen molar-refractivity contribution in [1.29, 1.82) is 0 Å². The Morgan fingerprint density at radius 2 is 1.74 bits per heavy atom. The van der Waals surface area contributed by atoms with Gasteiger partial charge in [0.05, 0.1) is 7.11 Å². The molecule has 3 aromatic rings. The topological polar surface area (TPSA) is 103 Å². The van der Waals surface area contributed by atoms with Gasteiger partial charge in [0.15, 0.2) is 12.4 Å². The van der Waals surface area contributed by atoms with Gasteiger partial charge in [-0.05, 0) is 36.4 Å². The van der Waals surface area contributed by atoms with E-state index in [4.69, 9.17) is 14.0 Å². The van der Waals surface area contributed by atoms with Gasteiger partial charge < -0.3 is 24.6 Å². The molecule has 3 rings (SSSR count). The van der Waals surface area contributed by atoms with Crippen LogP contribution in [0.2, 0.25) is 0 Å². The van der Waals surface area contributed by atoms with E-state index in [1.807, 2.05) is 20.8 Å². The zero-order valence-electron chi connectivity index (χ0n) is 17.9. The molecule has 0 radical (unpaired) electrons. The van der Waals surface area contributed by atoms with Gasteiger partial charge in [0.1, 0.15) is 17.3 Å². The Morgan fingerprint density at radius 1 is 1.00 bits per heavy atom. The number of nitrogens with zero attached hydrogens (tertiary/aromatic N) is 1. The highest BCUT2D eigenvalue weighted by Crippen LogP contribution is 2.24. The largest absolute Gasteiger partial charge is 0.497 e. The van der Waals surface area contributed by atoms with Crippen molar-refractivity contribution in [2.24, 2.45) is 0 Å². The number of aromatic nitrogens is 1. The minimum atomic E-state index is -0.323. The number of amides is 2. The fraction of sp³-hybridized carbons (Fsp3) is 0.261. The number of ether oxygens (including phenoxy) is 2. The number of rotatable bonds is 7. The van der Waals surface area contributed by atoms with E-state index in [1.54, 1.807) is 61.7 Å². The zero-order chi connectivity index (χ0) is 22.4.